The van der Waals surface area contributed by atoms with E-state index in [-0.39, 0.29) is 6.04 Å². The molecule has 6 heteroatoms. The van der Waals surface area contributed by atoms with Crippen molar-refractivity contribution in [2.24, 2.45) is 0 Å². The number of aryl methyl sites for hydroxylation is 1. The van der Waals surface area contributed by atoms with Crippen LogP contribution in [0.2, 0.25) is 0 Å². The molecule has 118 valence electrons. The molecule has 22 heavy (non-hydrogen) atoms. The first-order chi connectivity index (χ1) is 10.4. The van der Waals surface area contributed by atoms with E-state index in [1.807, 2.05) is 31.2 Å². The molecule has 2 rings (SSSR count). The maximum Gasteiger partial charge on any atom is 0.299 e. The zero-order chi connectivity index (χ0) is 16.2. The van der Waals surface area contributed by atoms with Crippen LogP contribution in [0.25, 0.3) is 0 Å². The van der Waals surface area contributed by atoms with Crippen molar-refractivity contribution in [2.75, 3.05) is 4.72 Å². The Kier molecular flexibility index (Phi) is 5.05. The molecule has 0 unspecified atom stereocenters. The van der Waals surface area contributed by atoms with Gasteiger partial charge in [0, 0.05) is 6.04 Å². The van der Waals surface area contributed by atoms with Crippen molar-refractivity contribution >= 4 is 15.9 Å². The topological polar surface area (TPSA) is 67.4 Å². The van der Waals surface area contributed by atoms with Crippen LogP contribution in [0.4, 0.5) is 5.69 Å². The first-order valence-corrected chi connectivity index (χ1v) is 8.48. The van der Waals surface area contributed by atoms with Crippen LogP contribution in [0.1, 0.15) is 19.4 Å². The van der Waals surface area contributed by atoms with Crippen molar-refractivity contribution in [3.8, 4) is 11.5 Å². The summed E-state index contributed by atoms with van der Waals surface area (Å²) in [5.74, 6) is 1.14. The Labute approximate surface area is 131 Å². The average molecular weight is 320 g/mol. The van der Waals surface area contributed by atoms with Gasteiger partial charge in [0.1, 0.15) is 5.75 Å². The van der Waals surface area contributed by atoms with Crippen molar-refractivity contribution in [1.82, 2.24) is 4.72 Å². The van der Waals surface area contributed by atoms with E-state index in [2.05, 4.69) is 9.44 Å². The zero-order valence-electron chi connectivity index (χ0n) is 12.8. The van der Waals surface area contributed by atoms with Gasteiger partial charge in [0.15, 0.2) is 5.75 Å². The molecule has 0 aromatic heterocycles. The lowest BCUT2D eigenvalue weighted by molar-refractivity contribution is 0.481. The van der Waals surface area contributed by atoms with Gasteiger partial charge in [0.2, 0.25) is 0 Å². The fraction of sp³-hybridized carbons (Fsp3) is 0.250. The van der Waals surface area contributed by atoms with Crippen LogP contribution in [-0.2, 0) is 10.2 Å². The van der Waals surface area contributed by atoms with Gasteiger partial charge in [-0.05, 0) is 44.5 Å². The van der Waals surface area contributed by atoms with Gasteiger partial charge in [0.25, 0.3) is 10.2 Å². The molecular weight excluding hydrogens is 300 g/mol. The van der Waals surface area contributed by atoms with Crippen molar-refractivity contribution < 1.29 is 13.2 Å². The van der Waals surface area contributed by atoms with Gasteiger partial charge in [-0.25, -0.2) is 0 Å². The molecule has 0 atom stereocenters. The summed E-state index contributed by atoms with van der Waals surface area (Å²) in [4.78, 5) is 0. The lowest BCUT2D eigenvalue weighted by atomic mass is 10.2. The summed E-state index contributed by atoms with van der Waals surface area (Å²) in [7, 11) is -3.64. The van der Waals surface area contributed by atoms with E-state index < -0.39 is 10.2 Å². The second kappa shape index (κ2) is 6.81. The van der Waals surface area contributed by atoms with Gasteiger partial charge in [-0.2, -0.15) is 13.1 Å². The van der Waals surface area contributed by atoms with E-state index in [1.54, 1.807) is 38.1 Å². The van der Waals surface area contributed by atoms with E-state index in [4.69, 9.17) is 4.74 Å². The van der Waals surface area contributed by atoms with Crippen LogP contribution in [0.3, 0.4) is 0 Å². The van der Waals surface area contributed by atoms with E-state index >= 15 is 0 Å². The molecule has 0 radical (unpaired) electrons. The van der Waals surface area contributed by atoms with Crippen LogP contribution in [-0.4, -0.2) is 14.5 Å². The maximum absolute atomic E-state index is 12.0. The Bertz CT molecular complexity index is 743. The molecule has 0 aliphatic rings. The van der Waals surface area contributed by atoms with Gasteiger partial charge >= 0.3 is 0 Å². The SMILES string of the molecule is Cc1ccccc1Oc1ccccc1NS(=O)(=O)NC(C)C. The van der Waals surface area contributed by atoms with Crippen molar-refractivity contribution in [2.45, 2.75) is 26.8 Å². The molecule has 0 fully saturated rings. The minimum Gasteiger partial charge on any atom is -0.455 e. The number of para-hydroxylation sites is 3. The fourth-order valence-electron chi connectivity index (χ4n) is 1.91. The quantitative estimate of drug-likeness (QED) is 0.856. The first-order valence-electron chi connectivity index (χ1n) is 7.00. The van der Waals surface area contributed by atoms with Crippen LogP contribution < -0.4 is 14.2 Å². The molecular formula is C16H20N2O3S. The second-order valence-electron chi connectivity index (χ2n) is 5.24. The number of hydrogen-bond donors (Lipinski definition) is 2. The minimum absolute atomic E-state index is 0.193. The van der Waals surface area contributed by atoms with Gasteiger partial charge in [-0.1, -0.05) is 30.3 Å². The van der Waals surface area contributed by atoms with E-state index in [1.165, 1.54) is 0 Å². The molecule has 2 aromatic rings. The number of benzene rings is 2. The van der Waals surface area contributed by atoms with Gasteiger partial charge in [-0.3, -0.25) is 4.72 Å². The third-order valence-corrected chi connectivity index (χ3v) is 4.11. The van der Waals surface area contributed by atoms with Crippen LogP contribution in [0.5, 0.6) is 11.5 Å². The first kappa shape index (κ1) is 16.3. The molecule has 0 aliphatic carbocycles. The molecule has 0 spiro atoms. The Balaban J connectivity index is 2.26. The highest BCUT2D eigenvalue weighted by atomic mass is 32.2. The van der Waals surface area contributed by atoms with Gasteiger partial charge < -0.3 is 4.74 Å². The summed E-state index contributed by atoms with van der Waals surface area (Å²) in [5.41, 5.74) is 1.36. The summed E-state index contributed by atoms with van der Waals surface area (Å²) >= 11 is 0. The van der Waals surface area contributed by atoms with Gasteiger partial charge in [0.05, 0.1) is 5.69 Å². The molecule has 2 N–H and O–H groups in total. The largest absolute Gasteiger partial charge is 0.455 e. The number of rotatable bonds is 6. The Morgan fingerprint density at radius 2 is 1.55 bits per heavy atom. The number of nitrogens with one attached hydrogen (secondary N) is 2. The molecule has 0 aliphatic heterocycles. The maximum atomic E-state index is 12.0. The molecule has 0 heterocycles. The standard InChI is InChI=1S/C16H20N2O3S/c1-12(2)17-22(19,20)18-14-9-5-7-11-16(14)21-15-10-6-4-8-13(15)3/h4-12,17-18H,1-3H3. The van der Waals surface area contributed by atoms with Crippen LogP contribution >= 0.6 is 0 Å². The third-order valence-electron chi connectivity index (χ3n) is 2.84. The van der Waals surface area contributed by atoms with Crippen molar-refractivity contribution in [1.29, 1.82) is 0 Å². The highest BCUT2D eigenvalue weighted by Gasteiger charge is 2.14. The molecule has 2 aromatic carbocycles. The monoisotopic (exact) mass is 320 g/mol. The predicted octanol–water partition coefficient (Wildman–Crippen LogP) is 3.44. The molecule has 5 nitrogen and oxygen atoms in total. The average Bonchev–Trinajstić information content (AvgIpc) is 2.41. The van der Waals surface area contributed by atoms with E-state index in [0.717, 1.165) is 5.56 Å². The van der Waals surface area contributed by atoms with Crippen molar-refractivity contribution in [3.05, 3.63) is 54.1 Å². The molecule has 0 amide bonds. The summed E-state index contributed by atoms with van der Waals surface area (Å²) in [6, 6.07) is 14.3. The summed E-state index contributed by atoms with van der Waals surface area (Å²) in [6.07, 6.45) is 0. The van der Waals surface area contributed by atoms with E-state index in [0.29, 0.717) is 17.2 Å². The lowest BCUT2D eigenvalue weighted by Gasteiger charge is -2.15. The molecule has 0 saturated carbocycles. The Morgan fingerprint density at radius 3 is 2.18 bits per heavy atom. The highest BCUT2D eigenvalue weighted by Crippen LogP contribution is 2.31. The predicted molar refractivity (Wildman–Crippen MR) is 88.5 cm³/mol. The van der Waals surface area contributed by atoms with Crippen molar-refractivity contribution in [3.63, 3.8) is 0 Å². The number of anilines is 1. The zero-order valence-corrected chi connectivity index (χ0v) is 13.6. The second-order valence-corrected chi connectivity index (χ2v) is 6.69. The Morgan fingerprint density at radius 1 is 0.955 bits per heavy atom. The van der Waals surface area contributed by atoms with E-state index in [9.17, 15) is 8.42 Å². The fourth-order valence-corrected chi connectivity index (χ4v) is 3.05. The van der Waals surface area contributed by atoms with Gasteiger partial charge in [-0.15, -0.1) is 0 Å². The molecule has 0 bridgehead atoms. The van der Waals surface area contributed by atoms with Crippen LogP contribution in [0, 0.1) is 6.92 Å². The Hall–Kier alpha value is -2.05. The summed E-state index contributed by atoms with van der Waals surface area (Å²) in [5, 5.41) is 0. The lowest BCUT2D eigenvalue weighted by Crippen LogP contribution is -2.35. The smallest absolute Gasteiger partial charge is 0.299 e. The number of ether oxygens (including phenoxy) is 1. The summed E-state index contributed by atoms with van der Waals surface area (Å²) in [6.45, 7) is 5.45. The third kappa shape index (κ3) is 4.47. The summed E-state index contributed by atoms with van der Waals surface area (Å²) < 4.78 is 34.8. The number of hydrogen-bond acceptors (Lipinski definition) is 3. The highest BCUT2D eigenvalue weighted by molar-refractivity contribution is 7.90. The molecule has 0 saturated heterocycles. The van der Waals surface area contributed by atoms with Crippen LogP contribution in [0.15, 0.2) is 48.5 Å². The normalized spacial score (nSPS) is 11.5. The minimum atomic E-state index is -3.64.